The van der Waals surface area contributed by atoms with E-state index in [2.05, 4.69) is 4.98 Å². The first-order valence-electron chi connectivity index (χ1n) is 5.74. The molecule has 0 amide bonds. The largest absolute Gasteiger partial charge is 0.437 e. The molecular weight excluding hydrogens is 339 g/mol. The molecule has 0 spiro atoms. The molecule has 1 heterocycles. The highest BCUT2D eigenvalue weighted by Gasteiger charge is 2.17. The first-order chi connectivity index (χ1) is 9.79. The van der Waals surface area contributed by atoms with Gasteiger partial charge in [-0.05, 0) is 31.5 Å². The van der Waals surface area contributed by atoms with Crippen molar-refractivity contribution in [3.05, 3.63) is 54.6 Å². The molecule has 0 unspecified atom stereocenters. The van der Waals surface area contributed by atoms with Gasteiger partial charge in [0.15, 0.2) is 5.15 Å². The van der Waals surface area contributed by atoms with E-state index in [1.807, 2.05) is 0 Å². The molecular formula is C13H9Cl3N2O3. The molecule has 0 aliphatic rings. The fourth-order valence-electron chi connectivity index (χ4n) is 1.73. The Labute approximate surface area is 135 Å². The zero-order valence-electron chi connectivity index (χ0n) is 11.0. The maximum absolute atomic E-state index is 11.0. The van der Waals surface area contributed by atoms with Crippen LogP contribution in [0.2, 0.25) is 15.2 Å². The lowest BCUT2D eigenvalue weighted by atomic mass is 10.1. The van der Waals surface area contributed by atoms with Gasteiger partial charge >= 0.3 is 0 Å². The van der Waals surface area contributed by atoms with Crippen molar-refractivity contribution in [1.29, 1.82) is 0 Å². The number of aromatic nitrogens is 1. The number of halogens is 3. The van der Waals surface area contributed by atoms with Crippen LogP contribution in [0.4, 0.5) is 5.69 Å². The Hall–Kier alpha value is -1.56. The quantitative estimate of drug-likeness (QED) is 0.426. The van der Waals surface area contributed by atoms with Gasteiger partial charge in [0, 0.05) is 5.56 Å². The molecule has 8 heteroatoms. The predicted octanol–water partition coefficient (Wildman–Crippen LogP) is 5.36. The van der Waals surface area contributed by atoms with E-state index in [-0.39, 0.29) is 32.5 Å². The molecule has 0 atom stereocenters. The molecule has 110 valence electrons. The lowest BCUT2D eigenvalue weighted by Gasteiger charge is -2.11. The van der Waals surface area contributed by atoms with Gasteiger partial charge in [0.05, 0.1) is 16.0 Å². The average molecular weight is 348 g/mol. The highest BCUT2D eigenvalue weighted by Crippen LogP contribution is 2.36. The van der Waals surface area contributed by atoms with Crippen molar-refractivity contribution in [3.8, 4) is 11.6 Å². The second kappa shape index (κ2) is 6.05. The predicted molar refractivity (Wildman–Crippen MR) is 81.9 cm³/mol. The smallest absolute Gasteiger partial charge is 0.276 e. The highest BCUT2D eigenvalue weighted by atomic mass is 35.5. The van der Waals surface area contributed by atoms with E-state index in [0.717, 1.165) is 0 Å². The molecule has 0 bridgehead atoms. The molecule has 0 aliphatic heterocycles. The maximum atomic E-state index is 11.0. The molecule has 0 aliphatic carbocycles. The summed E-state index contributed by atoms with van der Waals surface area (Å²) in [5.74, 6) is 0.312. The van der Waals surface area contributed by atoms with E-state index in [4.69, 9.17) is 39.5 Å². The van der Waals surface area contributed by atoms with Crippen LogP contribution >= 0.6 is 34.8 Å². The lowest BCUT2D eigenvalue weighted by Crippen LogP contribution is -1.97. The van der Waals surface area contributed by atoms with E-state index in [0.29, 0.717) is 11.1 Å². The summed E-state index contributed by atoms with van der Waals surface area (Å²) in [4.78, 5) is 14.4. The molecule has 1 aromatic heterocycles. The summed E-state index contributed by atoms with van der Waals surface area (Å²) in [6.07, 6.45) is 0. The van der Waals surface area contributed by atoms with E-state index in [9.17, 15) is 10.1 Å². The van der Waals surface area contributed by atoms with Crippen LogP contribution in [0.1, 0.15) is 11.1 Å². The van der Waals surface area contributed by atoms with Gasteiger partial charge in [-0.2, -0.15) is 4.98 Å². The van der Waals surface area contributed by atoms with Gasteiger partial charge in [0.1, 0.15) is 10.8 Å². The molecule has 0 saturated carbocycles. The first kappa shape index (κ1) is 15.8. The van der Waals surface area contributed by atoms with E-state index >= 15 is 0 Å². The SMILES string of the molecule is Cc1cc(C)c([N+](=O)[O-])cc1Oc1nc(Cl)c(Cl)cc1Cl. The second-order valence-electron chi connectivity index (χ2n) is 4.31. The molecule has 5 nitrogen and oxygen atoms in total. The molecule has 1 aromatic carbocycles. The van der Waals surface area contributed by atoms with Crippen LogP contribution in [-0.2, 0) is 0 Å². The lowest BCUT2D eigenvalue weighted by molar-refractivity contribution is -0.385. The van der Waals surface area contributed by atoms with E-state index < -0.39 is 4.92 Å². The number of pyridine rings is 1. The molecule has 0 saturated heterocycles. The Morgan fingerprint density at radius 1 is 1.10 bits per heavy atom. The minimum absolute atomic E-state index is 0.0346. The first-order valence-corrected chi connectivity index (χ1v) is 6.88. The van der Waals surface area contributed by atoms with Crippen molar-refractivity contribution >= 4 is 40.5 Å². The molecule has 21 heavy (non-hydrogen) atoms. The molecule has 0 fully saturated rings. The second-order valence-corrected chi connectivity index (χ2v) is 5.48. The minimum Gasteiger partial charge on any atom is -0.437 e. The summed E-state index contributed by atoms with van der Waals surface area (Å²) in [6, 6.07) is 4.37. The monoisotopic (exact) mass is 346 g/mol. The number of aryl methyl sites for hydroxylation is 2. The molecule has 0 radical (unpaired) electrons. The summed E-state index contributed by atoms with van der Waals surface area (Å²) in [5.41, 5.74) is 1.20. The summed E-state index contributed by atoms with van der Waals surface area (Å²) < 4.78 is 5.53. The number of benzene rings is 1. The number of ether oxygens (including phenoxy) is 1. The fraction of sp³-hybridized carbons (Fsp3) is 0.154. The zero-order valence-corrected chi connectivity index (χ0v) is 13.3. The fourth-order valence-corrected chi connectivity index (χ4v) is 2.26. The third-order valence-electron chi connectivity index (χ3n) is 2.75. The number of nitro benzene ring substituents is 1. The van der Waals surface area contributed by atoms with Gasteiger partial charge < -0.3 is 4.74 Å². The third-order valence-corrected chi connectivity index (χ3v) is 3.70. The molecule has 0 N–H and O–H groups in total. The van der Waals surface area contributed by atoms with Gasteiger partial charge in [-0.15, -0.1) is 0 Å². The van der Waals surface area contributed by atoms with Crippen molar-refractivity contribution in [2.75, 3.05) is 0 Å². The topological polar surface area (TPSA) is 65.3 Å². The van der Waals surface area contributed by atoms with Crippen LogP contribution in [0.3, 0.4) is 0 Å². The van der Waals surface area contributed by atoms with Gasteiger partial charge in [-0.25, -0.2) is 0 Å². The number of nitrogens with zero attached hydrogens (tertiary/aromatic N) is 2. The Balaban J connectivity index is 2.47. The van der Waals surface area contributed by atoms with Crippen LogP contribution in [0, 0.1) is 24.0 Å². The number of nitro groups is 1. The summed E-state index contributed by atoms with van der Waals surface area (Å²) in [6.45, 7) is 3.41. The van der Waals surface area contributed by atoms with Gasteiger partial charge in [-0.3, -0.25) is 10.1 Å². The van der Waals surface area contributed by atoms with Crippen molar-refractivity contribution in [2.45, 2.75) is 13.8 Å². The Morgan fingerprint density at radius 3 is 2.38 bits per heavy atom. The number of rotatable bonds is 3. The highest BCUT2D eigenvalue weighted by molar-refractivity contribution is 6.42. The van der Waals surface area contributed by atoms with Crippen molar-refractivity contribution in [1.82, 2.24) is 4.98 Å². The Kier molecular flexibility index (Phi) is 4.56. The van der Waals surface area contributed by atoms with Crippen LogP contribution in [0.15, 0.2) is 18.2 Å². The van der Waals surface area contributed by atoms with E-state index in [1.165, 1.54) is 12.1 Å². The Bertz CT molecular complexity index is 735. The standard InChI is InChI=1S/C13H9Cl3N2O3/c1-6-3-7(2)11(5-10(6)18(19)20)21-13-9(15)4-8(14)12(16)17-13/h3-5H,1-2H3. The average Bonchev–Trinajstić information content (AvgIpc) is 2.38. The maximum Gasteiger partial charge on any atom is 0.276 e. The van der Waals surface area contributed by atoms with Crippen LogP contribution in [0.5, 0.6) is 11.6 Å². The van der Waals surface area contributed by atoms with Crippen LogP contribution in [0.25, 0.3) is 0 Å². The van der Waals surface area contributed by atoms with Gasteiger partial charge in [0.2, 0.25) is 5.88 Å². The minimum atomic E-state index is -0.481. The normalized spacial score (nSPS) is 10.5. The summed E-state index contributed by atoms with van der Waals surface area (Å²) in [5, 5.41) is 11.4. The van der Waals surface area contributed by atoms with E-state index in [1.54, 1.807) is 19.9 Å². The van der Waals surface area contributed by atoms with Gasteiger partial charge in [-0.1, -0.05) is 34.8 Å². The van der Waals surface area contributed by atoms with Crippen LogP contribution < -0.4 is 4.74 Å². The number of hydrogen-bond acceptors (Lipinski definition) is 4. The van der Waals surface area contributed by atoms with Crippen molar-refractivity contribution in [2.24, 2.45) is 0 Å². The molecule has 2 aromatic rings. The zero-order chi connectivity index (χ0) is 15.7. The third kappa shape index (κ3) is 3.37. The summed E-state index contributed by atoms with van der Waals surface area (Å²) >= 11 is 17.6. The van der Waals surface area contributed by atoms with Crippen molar-refractivity contribution < 1.29 is 9.66 Å². The molecule has 2 rings (SSSR count). The number of hydrogen-bond donors (Lipinski definition) is 0. The summed E-state index contributed by atoms with van der Waals surface area (Å²) in [7, 11) is 0. The van der Waals surface area contributed by atoms with Crippen LogP contribution in [-0.4, -0.2) is 9.91 Å². The Morgan fingerprint density at radius 2 is 1.76 bits per heavy atom. The van der Waals surface area contributed by atoms with Gasteiger partial charge in [0.25, 0.3) is 5.69 Å². The van der Waals surface area contributed by atoms with Crippen molar-refractivity contribution in [3.63, 3.8) is 0 Å².